The number of rotatable bonds is 1. The smallest absolute Gasteiger partial charge is 0.250 e. The van der Waals surface area contributed by atoms with Gasteiger partial charge in [0.2, 0.25) is 5.91 Å². The summed E-state index contributed by atoms with van der Waals surface area (Å²) in [6.45, 7) is 0.756. The highest BCUT2D eigenvalue weighted by atomic mass is 16.1. The molecule has 12 heavy (non-hydrogen) atoms. The van der Waals surface area contributed by atoms with Crippen LogP contribution in [-0.4, -0.2) is 29.7 Å². The Morgan fingerprint density at radius 2 is 2.58 bits per heavy atom. The molecule has 0 aromatic carbocycles. The minimum absolute atomic E-state index is 0.0769. The molecule has 0 aliphatic carbocycles. The van der Waals surface area contributed by atoms with Crippen molar-refractivity contribution in [1.29, 1.82) is 0 Å². The van der Waals surface area contributed by atoms with Gasteiger partial charge < -0.3 is 10.6 Å². The van der Waals surface area contributed by atoms with E-state index in [2.05, 4.69) is 4.99 Å². The van der Waals surface area contributed by atoms with E-state index in [0.29, 0.717) is 5.57 Å². The second kappa shape index (κ2) is 2.48. The van der Waals surface area contributed by atoms with Crippen LogP contribution in [-0.2, 0) is 4.79 Å². The molecule has 2 aliphatic heterocycles. The lowest BCUT2D eigenvalue weighted by Gasteiger charge is -2.22. The minimum Gasteiger partial charge on any atom is -0.366 e. The van der Waals surface area contributed by atoms with E-state index in [0.717, 1.165) is 6.54 Å². The van der Waals surface area contributed by atoms with Crippen molar-refractivity contribution in [3.8, 4) is 0 Å². The molecule has 4 heteroatoms. The zero-order valence-electron chi connectivity index (χ0n) is 6.47. The molecule has 4 nitrogen and oxygen atoms in total. The molecule has 2 rings (SSSR count). The molecule has 0 aromatic heterocycles. The van der Waals surface area contributed by atoms with E-state index < -0.39 is 5.91 Å². The van der Waals surface area contributed by atoms with Crippen molar-refractivity contribution in [2.45, 2.75) is 6.17 Å². The number of primary amides is 1. The van der Waals surface area contributed by atoms with E-state index in [1.807, 2.05) is 17.2 Å². The van der Waals surface area contributed by atoms with E-state index in [-0.39, 0.29) is 6.17 Å². The molecule has 0 spiro atoms. The van der Waals surface area contributed by atoms with Crippen LogP contribution in [0.2, 0.25) is 0 Å². The number of nitrogens with zero attached hydrogens (tertiary/aromatic N) is 2. The normalized spacial score (nSPS) is 25.5. The molecule has 0 fully saturated rings. The van der Waals surface area contributed by atoms with Crippen LogP contribution in [0.3, 0.4) is 0 Å². The highest BCUT2D eigenvalue weighted by Gasteiger charge is 2.20. The molecule has 2 aliphatic rings. The number of hydrogen-bond acceptors (Lipinski definition) is 3. The van der Waals surface area contributed by atoms with Crippen molar-refractivity contribution >= 4 is 12.1 Å². The summed E-state index contributed by atoms with van der Waals surface area (Å²) in [4.78, 5) is 16.9. The highest BCUT2D eigenvalue weighted by molar-refractivity contribution is 5.95. The number of amides is 1. The largest absolute Gasteiger partial charge is 0.366 e. The van der Waals surface area contributed by atoms with Crippen LogP contribution in [0.25, 0.3) is 0 Å². The third-order valence-corrected chi connectivity index (χ3v) is 1.93. The van der Waals surface area contributed by atoms with Crippen LogP contribution in [0.15, 0.2) is 28.9 Å². The topological polar surface area (TPSA) is 58.7 Å². The summed E-state index contributed by atoms with van der Waals surface area (Å²) in [6.07, 6.45) is 7.23. The summed E-state index contributed by atoms with van der Waals surface area (Å²) in [5, 5.41) is 0. The summed E-state index contributed by atoms with van der Waals surface area (Å²) in [7, 11) is 0. The molecular formula is C8H9N3O. The number of hydrogen-bond donors (Lipinski definition) is 1. The average molecular weight is 163 g/mol. The Balaban J connectivity index is 2.23. The molecule has 1 atom stereocenters. The predicted molar refractivity (Wildman–Crippen MR) is 45.4 cm³/mol. The van der Waals surface area contributed by atoms with Crippen molar-refractivity contribution in [2.24, 2.45) is 10.7 Å². The number of nitrogens with two attached hydrogens (primary N) is 1. The Hall–Kier alpha value is -1.58. The van der Waals surface area contributed by atoms with Crippen LogP contribution in [0.5, 0.6) is 0 Å². The fourth-order valence-electron chi connectivity index (χ4n) is 1.29. The van der Waals surface area contributed by atoms with Crippen molar-refractivity contribution < 1.29 is 4.79 Å². The molecule has 0 radical (unpaired) electrons. The van der Waals surface area contributed by atoms with Gasteiger partial charge in [-0.3, -0.25) is 9.79 Å². The SMILES string of the molecule is NC(=O)C1=CN2CC=NC2C=C1. The number of carbonyl (C=O) groups is 1. The Bertz CT molecular complexity index is 303. The Labute approximate surface area is 70.1 Å². The van der Waals surface area contributed by atoms with Gasteiger partial charge in [0, 0.05) is 12.4 Å². The second-order valence-electron chi connectivity index (χ2n) is 2.75. The van der Waals surface area contributed by atoms with E-state index >= 15 is 0 Å². The molecular weight excluding hydrogens is 154 g/mol. The molecule has 0 aromatic rings. The van der Waals surface area contributed by atoms with Gasteiger partial charge in [-0.2, -0.15) is 0 Å². The van der Waals surface area contributed by atoms with Gasteiger partial charge in [0.05, 0.1) is 12.1 Å². The Morgan fingerprint density at radius 3 is 3.33 bits per heavy atom. The first-order valence-corrected chi connectivity index (χ1v) is 3.74. The molecule has 1 unspecified atom stereocenters. The predicted octanol–water partition coefficient (Wildman–Crippen LogP) is -0.362. The van der Waals surface area contributed by atoms with Gasteiger partial charge in [0.25, 0.3) is 0 Å². The van der Waals surface area contributed by atoms with E-state index in [4.69, 9.17) is 5.73 Å². The fourth-order valence-corrected chi connectivity index (χ4v) is 1.29. The standard InChI is InChI=1S/C8H9N3O/c9-8(12)6-1-2-7-10-3-4-11(7)5-6/h1-3,5,7H,4H2,(H2,9,12). The van der Waals surface area contributed by atoms with E-state index in [9.17, 15) is 4.79 Å². The molecule has 0 saturated heterocycles. The molecule has 2 N–H and O–H groups in total. The summed E-state index contributed by atoms with van der Waals surface area (Å²) < 4.78 is 0. The summed E-state index contributed by atoms with van der Waals surface area (Å²) in [5.41, 5.74) is 5.66. The summed E-state index contributed by atoms with van der Waals surface area (Å²) in [6, 6.07) is 0. The Kier molecular flexibility index (Phi) is 1.46. The number of aliphatic imine (C=N–C) groups is 1. The van der Waals surface area contributed by atoms with Crippen molar-refractivity contribution in [2.75, 3.05) is 6.54 Å². The van der Waals surface area contributed by atoms with Crippen LogP contribution in [0.4, 0.5) is 0 Å². The van der Waals surface area contributed by atoms with Gasteiger partial charge in [-0.1, -0.05) is 0 Å². The maximum absolute atomic E-state index is 10.8. The van der Waals surface area contributed by atoms with E-state index in [1.165, 1.54) is 0 Å². The maximum atomic E-state index is 10.8. The van der Waals surface area contributed by atoms with Crippen LogP contribution in [0, 0.1) is 0 Å². The highest BCUT2D eigenvalue weighted by Crippen LogP contribution is 2.16. The second-order valence-corrected chi connectivity index (χ2v) is 2.75. The first kappa shape index (κ1) is 7.09. The van der Waals surface area contributed by atoms with Gasteiger partial charge in [-0.05, 0) is 12.2 Å². The van der Waals surface area contributed by atoms with Gasteiger partial charge in [-0.25, -0.2) is 0 Å². The van der Waals surface area contributed by atoms with Gasteiger partial charge in [-0.15, -0.1) is 0 Å². The lowest BCUT2D eigenvalue weighted by molar-refractivity contribution is -0.114. The molecule has 0 saturated carbocycles. The van der Waals surface area contributed by atoms with Crippen LogP contribution < -0.4 is 5.73 Å². The lowest BCUT2D eigenvalue weighted by Crippen LogP contribution is -2.28. The lowest BCUT2D eigenvalue weighted by atomic mass is 10.2. The quantitative estimate of drug-likeness (QED) is 0.573. The Morgan fingerprint density at radius 1 is 1.75 bits per heavy atom. The fraction of sp³-hybridized carbons (Fsp3) is 0.250. The third-order valence-electron chi connectivity index (χ3n) is 1.93. The zero-order chi connectivity index (χ0) is 8.55. The van der Waals surface area contributed by atoms with Gasteiger partial charge in [0.15, 0.2) is 0 Å². The first-order valence-electron chi connectivity index (χ1n) is 3.74. The molecule has 0 bridgehead atoms. The monoisotopic (exact) mass is 163 g/mol. The summed E-state index contributed by atoms with van der Waals surface area (Å²) in [5.74, 6) is -0.392. The van der Waals surface area contributed by atoms with Crippen molar-refractivity contribution in [1.82, 2.24) is 4.90 Å². The van der Waals surface area contributed by atoms with Gasteiger partial charge in [0.1, 0.15) is 6.17 Å². The summed E-state index contributed by atoms with van der Waals surface area (Å²) >= 11 is 0. The zero-order valence-corrected chi connectivity index (χ0v) is 6.47. The van der Waals surface area contributed by atoms with E-state index in [1.54, 1.807) is 12.3 Å². The maximum Gasteiger partial charge on any atom is 0.250 e. The third kappa shape index (κ3) is 1.01. The molecule has 1 amide bonds. The molecule has 62 valence electrons. The minimum atomic E-state index is -0.392. The van der Waals surface area contributed by atoms with Crippen LogP contribution >= 0.6 is 0 Å². The van der Waals surface area contributed by atoms with Crippen LogP contribution in [0.1, 0.15) is 0 Å². The number of carbonyl (C=O) groups excluding carboxylic acids is 1. The van der Waals surface area contributed by atoms with Crippen molar-refractivity contribution in [3.63, 3.8) is 0 Å². The number of fused-ring (bicyclic) bond motifs is 1. The molecule has 2 heterocycles. The van der Waals surface area contributed by atoms with Crippen molar-refractivity contribution in [3.05, 3.63) is 23.9 Å². The first-order chi connectivity index (χ1) is 5.77. The average Bonchev–Trinajstić information content (AvgIpc) is 2.49. The van der Waals surface area contributed by atoms with Gasteiger partial charge >= 0.3 is 0 Å².